The lowest BCUT2D eigenvalue weighted by molar-refractivity contribution is -0.167. The van der Waals surface area contributed by atoms with E-state index in [9.17, 15) is 0 Å². The van der Waals surface area contributed by atoms with Crippen molar-refractivity contribution in [1.29, 1.82) is 0 Å². The molecule has 7 aromatic carbocycles. The third kappa shape index (κ3) is 5.01. The molecule has 11 rings (SSSR count). The molecule has 8 aromatic rings. The van der Waals surface area contributed by atoms with Gasteiger partial charge in [-0.3, -0.25) is 18.9 Å². The summed E-state index contributed by atoms with van der Waals surface area (Å²) >= 11 is 0. The van der Waals surface area contributed by atoms with Gasteiger partial charge in [-0.05, 0) is 124 Å². The predicted molar refractivity (Wildman–Crippen MR) is 229 cm³/mol. The molecule has 0 spiro atoms. The van der Waals surface area contributed by atoms with Crippen molar-refractivity contribution in [2.75, 3.05) is 4.90 Å². The van der Waals surface area contributed by atoms with Crippen LogP contribution in [0.15, 0.2) is 136 Å². The van der Waals surface area contributed by atoms with Gasteiger partial charge in [0.15, 0.2) is 5.76 Å². The minimum absolute atomic E-state index is 0.0307. The highest BCUT2D eigenvalue weighted by molar-refractivity contribution is 6.29. The van der Waals surface area contributed by atoms with Crippen LogP contribution in [0.5, 0.6) is 5.75 Å². The lowest BCUT2D eigenvalue weighted by Crippen LogP contribution is -2.33. The van der Waals surface area contributed by atoms with E-state index in [1.165, 1.54) is 54.7 Å². The zero-order valence-electron chi connectivity index (χ0n) is 32.9. The maximum absolute atomic E-state index is 6.06. The van der Waals surface area contributed by atoms with Crippen molar-refractivity contribution in [3.63, 3.8) is 0 Å². The summed E-state index contributed by atoms with van der Waals surface area (Å²) in [6, 6.07) is 36.7. The minimum atomic E-state index is -0.0595. The van der Waals surface area contributed by atoms with Crippen LogP contribution in [0.2, 0.25) is 0 Å². The van der Waals surface area contributed by atoms with Crippen molar-refractivity contribution in [2.45, 2.75) is 78.2 Å². The smallest absolute Gasteiger partial charge is 0.202 e. The van der Waals surface area contributed by atoms with Crippen molar-refractivity contribution in [3.05, 3.63) is 144 Å². The van der Waals surface area contributed by atoms with Gasteiger partial charge in [-0.15, -0.1) is 0 Å². The molecule has 2 aliphatic carbocycles. The van der Waals surface area contributed by atoms with Crippen molar-refractivity contribution in [2.24, 2.45) is 0 Å². The highest BCUT2D eigenvalue weighted by Crippen LogP contribution is 2.53. The fourth-order valence-electron chi connectivity index (χ4n) is 9.45. The van der Waals surface area contributed by atoms with Crippen LogP contribution < -0.4 is 9.79 Å². The van der Waals surface area contributed by atoms with Gasteiger partial charge < -0.3 is 9.47 Å². The van der Waals surface area contributed by atoms with E-state index in [0.29, 0.717) is 16.9 Å². The van der Waals surface area contributed by atoms with Crippen LogP contribution in [0.3, 0.4) is 0 Å². The second kappa shape index (κ2) is 13.0. The maximum Gasteiger partial charge on any atom is 0.202 e. The number of hydrogen-bond acceptors (Lipinski definition) is 5. The third-order valence-electron chi connectivity index (χ3n) is 12.1. The molecule has 0 fully saturated rings. The number of aryl methyl sites for hydroxylation is 1. The van der Waals surface area contributed by atoms with Crippen LogP contribution in [0.1, 0.15) is 77.0 Å². The van der Waals surface area contributed by atoms with E-state index >= 15 is 0 Å². The molecule has 3 aliphatic rings. The Bertz CT molecular complexity index is 2890. The Morgan fingerprint density at radius 1 is 0.679 bits per heavy atom. The fraction of sp³-hybridized carbons (Fsp3) is 0.240. The standard InChI is InChI=1S/C48H40N2O4.C2H6/c1-28(2)32-27-40(50-37-15-7-11-19-43(37)53-54-44-20-12-8-16-38(44)50)33-26-34-45-29(23-24-48(34,3)4)25-39(31-22-21-30(32)46(33)47(31)45)49-35-13-5-9-17-41(35)51-52-42-18-10-6-14-36(42)49;1-2/h5-13,15-22,25-28,36H,14,23-24H2,1-4H3;1-2H3. The number of aromatic nitrogens is 1. The van der Waals surface area contributed by atoms with Gasteiger partial charge in [0.2, 0.25) is 16.9 Å². The van der Waals surface area contributed by atoms with Crippen LogP contribution in [0.25, 0.3) is 60.2 Å². The lowest BCUT2D eigenvalue weighted by Gasteiger charge is -2.37. The minimum Gasteiger partial charge on any atom is -0.326 e. The SMILES string of the molecule is CC.CC(C)c1cc(-n2c3ccccc3ooc3ccccc32)c2cc3c4c(cc(N5c6ccccc6OOC6=CC=CCC65)c5ccc1c2c54)CCC3(C)C. The average Bonchev–Trinajstić information content (AvgIpc) is 3.50. The molecule has 0 saturated carbocycles. The summed E-state index contributed by atoms with van der Waals surface area (Å²) < 4.78 is 14.4. The van der Waals surface area contributed by atoms with Gasteiger partial charge in [-0.1, -0.05) is 102 Å². The summed E-state index contributed by atoms with van der Waals surface area (Å²) in [6.45, 7) is 13.4. The van der Waals surface area contributed by atoms with Crippen molar-refractivity contribution in [1.82, 2.24) is 4.57 Å². The van der Waals surface area contributed by atoms with Gasteiger partial charge in [-0.25, -0.2) is 0 Å². The molecule has 1 atom stereocenters. The van der Waals surface area contributed by atoms with E-state index in [1.54, 1.807) is 0 Å². The van der Waals surface area contributed by atoms with Crippen LogP contribution in [0.4, 0.5) is 11.4 Å². The average molecular weight is 739 g/mol. The number of allylic oxidation sites excluding steroid dienone is 2. The molecule has 6 nitrogen and oxygen atoms in total. The predicted octanol–water partition coefficient (Wildman–Crippen LogP) is 14.0. The Morgan fingerprint density at radius 3 is 2.12 bits per heavy atom. The Morgan fingerprint density at radius 2 is 1.38 bits per heavy atom. The number of rotatable bonds is 3. The topological polar surface area (TPSA) is 52.9 Å². The Hall–Kier alpha value is -6.14. The molecule has 1 aliphatic heterocycles. The van der Waals surface area contributed by atoms with E-state index in [-0.39, 0.29) is 17.4 Å². The quantitative estimate of drug-likeness (QED) is 0.133. The molecule has 2 heterocycles. The van der Waals surface area contributed by atoms with E-state index in [0.717, 1.165) is 47.4 Å². The van der Waals surface area contributed by atoms with Gasteiger partial charge in [0.25, 0.3) is 0 Å². The summed E-state index contributed by atoms with van der Waals surface area (Å²) in [6.07, 6.45) is 9.19. The van der Waals surface area contributed by atoms with Crippen molar-refractivity contribution in [3.8, 4) is 11.4 Å². The summed E-state index contributed by atoms with van der Waals surface area (Å²) in [5.74, 6) is 1.79. The molecule has 0 N–H and O–H groups in total. The molecule has 56 heavy (non-hydrogen) atoms. The second-order valence-electron chi connectivity index (χ2n) is 16.0. The first-order valence-electron chi connectivity index (χ1n) is 20.1. The Labute approximate surface area is 326 Å². The zero-order chi connectivity index (χ0) is 38.3. The van der Waals surface area contributed by atoms with E-state index in [4.69, 9.17) is 18.9 Å². The molecule has 1 aromatic heterocycles. The van der Waals surface area contributed by atoms with Crippen LogP contribution in [0, 0.1) is 0 Å². The second-order valence-corrected chi connectivity index (χ2v) is 16.0. The summed E-state index contributed by atoms with van der Waals surface area (Å²) in [7, 11) is 0. The first kappa shape index (κ1) is 34.4. The summed E-state index contributed by atoms with van der Waals surface area (Å²) in [5.41, 5.74) is 10.6. The number of hydrogen-bond donors (Lipinski definition) is 0. The molecule has 0 bridgehead atoms. The van der Waals surface area contributed by atoms with Gasteiger partial charge >= 0.3 is 0 Å². The Balaban J connectivity index is 0.00000189. The molecular formula is C50H46N2O4. The van der Waals surface area contributed by atoms with Gasteiger partial charge in [-0.2, -0.15) is 0 Å². The maximum atomic E-state index is 6.06. The number of para-hydroxylation sites is 6. The largest absolute Gasteiger partial charge is 0.326 e. The van der Waals surface area contributed by atoms with Gasteiger partial charge in [0.1, 0.15) is 6.04 Å². The molecule has 0 saturated heterocycles. The number of anilines is 2. The highest BCUT2D eigenvalue weighted by atomic mass is 17.2. The van der Waals surface area contributed by atoms with E-state index < -0.39 is 0 Å². The van der Waals surface area contributed by atoms with E-state index in [2.05, 4.69) is 116 Å². The lowest BCUT2D eigenvalue weighted by atomic mass is 9.70. The fourth-order valence-corrected chi connectivity index (χ4v) is 9.45. The van der Waals surface area contributed by atoms with E-state index in [1.807, 2.05) is 56.3 Å². The third-order valence-corrected chi connectivity index (χ3v) is 12.1. The monoisotopic (exact) mass is 738 g/mol. The van der Waals surface area contributed by atoms with Gasteiger partial charge in [0, 0.05) is 16.2 Å². The normalized spacial score (nSPS) is 16.9. The first-order valence-corrected chi connectivity index (χ1v) is 20.1. The van der Waals surface area contributed by atoms with Crippen LogP contribution in [-0.2, 0) is 16.7 Å². The molecule has 0 amide bonds. The molecular weight excluding hydrogens is 693 g/mol. The van der Waals surface area contributed by atoms with Gasteiger partial charge in [0.05, 0.1) is 28.1 Å². The highest BCUT2D eigenvalue weighted by Gasteiger charge is 2.37. The summed E-state index contributed by atoms with van der Waals surface area (Å²) in [4.78, 5) is 14.6. The van der Waals surface area contributed by atoms with Crippen LogP contribution >= 0.6 is 0 Å². The van der Waals surface area contributed by atoms with Crippen molar-refractivity contribution >= 4 is 65.9 Å². The zero-order valence-corrected chi connectivity index (χ0v) is 32.9. The molecule has 280 valence electrons. The number of fused-ring (bicyclic) bond motifs is 4. The van der Waals surface area contributed by atoms with Crippen LogP contribution in [-0.4, -0.2) is 10.6 Å². The first-order chi connectivity index (χ1) is 27.4. The molecule has 0 radical (unpaired) electrons. The summed E-state index contributed by atoms with van der Waals surface area (Å²) in [5, 5.41) is 7.76. The number of nitrogens with zero attached hydrogens (tertiary/aromatic N) is 2. The molecule has 6 heteroatoms. The van der Waals surface area contributed by atoms with Crippen molar-refractivity contribution < 1.29 is 18.9 Å². The Kier molecular flexibility index (Phi) is 7.96. The molecule has 1 unspecified atom stereocenters. The number of benzene rings is 7.